The quantitative estimate of drug-likeness (QED) is 0.232. The number of aromatic nitrogens is 1. The molecule has 0 amide bonds. The maximum Gasteiger partial charge on any atom is 0.217 e. The molecule has 184 valence electrons. The number of hydrogen-bond acceptors (Lipinski definition) is 3. The molecule has 36 heavy (non-hydrogen) atoms. The largest absolute Gasteiger partial charge is 0.306 e. The molecule has 0 fully saturated rings. The second-order valence-corrected chi connectivity index (χ2v) is 13.2. The topological polar surface area (TPSA) is 42.0 Å². The minimum absolute atomic E-state index is 0.0780. The monoisotopic (exact) mass is 552 g/mol. The second kappa shape index (κ2) is 11.2. The van der Waals surface area contributed by atoms with Crippen LogP contribution >= 0.6 is 41.8 Å². The van der Waals surface area contributed by atoms with Gasteiger partial charge in [0.15, 0.2) is 5.13 Å². The van der Waals surface area contributed by atoms with Gasteiger partial charge < -0.3 is 5.09 Å². The van der Waals surface area contributed by atoms with Crippen LogP contribution < -0.4 is 5.09 Å². The number of thiazole rings is 1. The third kappa shape index (κ3) is 6.78. The smallest absolute Gasteiger partial charge is 0.217 e. The second-order valence-electron chi connectivity index (χ2n) is 9.37. The van der Waals surface area contributed by atoms with Crippen molar-refractivity contribution in [3.8, 4) is 11.3 Å². The Labute approximate surface area is 227 Å². The Morgan fingerprint density at radius 3 is 1.81 bits per heavy atom. The molecule has 0 aliphatic heterocycles. The lowest BCUT2D eigenvalue weighted by Gasteiger charge is -2.18. The van der Waals surface area contributed by atoms with Gasteiger partial charge in [0.1, 0.15) is 0 Å². The van der Waals surface area contributed by atoms with Gasteiger partial charge in [-0.15, -0.1) is 11.3 Å². The van der Waals surface area contributed by atoms with Gasteiger partial charge >= 0.3 is 0 Å². The van der Waals surface area contributed by atoms with E-state index in [1.54, 1.807) is 0 Å². The van der Waals surface area contributed by atoms with Crippen LogP contribution in [0.2, 0.25) is 0 Å². The van der Waals surface area contributed by atoms with Crippen LogP contribution in [-0.2, 0) is 9.98 Å². The Hall–Kier alpha value is -2.62. The van der Waals surface area contributed by atoms with Crippen molar-refractivity contribution in [1.29, 1.82) is 0 Å². The zero-order chi connectivity index (χ0) is 25.8. The van der Waals surface area contributed by atoms with Gasteiger partial charge in [0, 0.05) is 22.6 Å². The Bertz CT molecular complexity index is 1360. The van der Waals surface area contributed by atoms with Gasteiger partial charge in [-0.05, 0) is 22.1 Å². The van der Waals surface area contributed by atoms with Crippen molar-refractivity contribution in [1.82, 2.24) is 4.98 Å². The van der Waals surface area contributed by atoms with Crippen LogP contribution in [-0.4, -0.2) is 4.98 Å². The zero-order valence-corrected chi connectivity index (χ0v) is 23.5. The van der Waals surface area contributed by atoms with Gasteiger partial charge in [0.2, 0.25) is 7.29 Å². The van der Waals surface area contributed by atoms with Gasteiger partial charge in [0.25, 0.3) is 0 Å². The minimum atomic E-state index is -3.38. The van der Waals surface area contributed by atoms with Crippen LogP contribution in [0, 0.1) is 0 Å². The number of halogens is 2. The van der Waals surface area contributed by atoms with E-state index < -0.39 is 7.29 Å². The average Bonchev–Trinajstić information content (AvgIpc) is 3.32. The van der Waals surface area contributed by atoms with Crippen molar-refractivity contribution in [3.05, 3.63) is 119 Å². The van der Waals surface area contributed by atoms with Crippen molar-refractivity contribution >= 4 is 57.0 Å². The molecular weight excluding hydrogens is 526 g/mol. The van der Waals surface area contributed by atoms with E-state index in [2.05, 4.69) is 50.1 Å². The number of nitrogens with one attached hydrogen (secondary N) is 1. The molecule has 4 rings (SSSR count). The molecule has 1 aromatic heterocycles. The molecule has 3 nitrogen and oxygen atoms in total. The molecule has 1 N–H and O–H groups in total. The summed E-state index contributed by atoms with van der Waals surface area (Å²) in [6.45, 7) is 6.56. The first-order chi connectivity index (χ1) is 17.1. The summed E-state index contributed by atoms with van der Waals surface area (Å²) in [5.74, 6) is 3.07. The van der Waals surface area contributed by atoms with E-state index in [1.165, 1.54) is 28.5 Å². The summed E-state index contributed by atoms with van der Waals surface area (Å²) in [7, 11) is -3.38. The third-order valence-electron chi connectivity index (χ3n) is 5.53. The molecule has 0 unspecified atom stereocenters. The molecular formula is C29H27Cl2N2OPS. The summed E-state index contributed by atoms with van der Waals surface area (Å²) in [6, 6.07) is 27.2. The van der Waals surface area contributed by atoms with Crippen LogP contribution in [0.4, 0.5) is 5.13 Å². The molecule has 7 heteroatoms. The lowest BCUT2D eigenvalue weighted by molar-refractivity contribution is 0.589. The fourth-order valence-electron chi connectivity index (χ4n) is 3.53. The standard InChI is InChI=1S/C29H27Cl2N2OPS/c1-29(2,3)24-16-14-23(15-17-24)27-20-36-28(32-27)33-35(34,18-25(30)21-10-6-4-7-11-21)19-26(31)22-12-8-5-9-13-22/h4-20H,1-3H3,(H,32,33,34)/b25-18+,26-19+. The van der Waals surface area contributed by atoms with Crippen molar-refractivity contribution < 1.29 is 4.57 Å². The molecule has 0 aliphatic carbocycles. The molecule has 0 spiro atoms. The number of benzene rings is 3. The molecule has 0 radical (unpaired) electrons. The Morgan fingerprint density at radius 2 is 1.33 bits per heavy atom. The Morgan fingerprint density at radius 1 is 0.833 bits per heavy atom. The summed E-state index contributed by atoms with van der Waals surface area (Å²) >= 11 is 14.6. The van der Waals surface area contributed by atoms with Gasteiger partial charge in [0.05, 0.1) is 15.8 Å². The number of anilines is 1. The van der Waals surface area contributed by atoms with Gasteiger partial charge in [-0.1, -0.05) is 129 Å². The molecule has 1 heterocycles. The predicted molar refractivity (Wildman–Crippen MR) is 158 cm³/mol. The van der Waals surface area contributed by atoms with E-state index in [4.69, 9.17) is 28.2 Å². The summed E-state index contributed by atoms with van der Waals surface area (Å²) in [5.41, 5.74) is 4.68. The van der Waals surface area contributed by atoms with E-state index >= 15 is 0 Å². The highest BCUT2D eigenvalue weighted by molar-refractivity contribution is 7.72. The molecule has 4 aromatic rings. The van der Waals surface area contributed by atoms with Gasteiger partial charge in [-0.25, -0.2) is 4.98 Å². The number of rotatable bonds is 7. The molecule has 0 saturated carbocycles. The predicted octanol–water partition coefficient (Wildman–Crippen LogP) is 10.3. The minimum Gasteiger partial charge on any atom is -0.306 e. The highest BCUT2D eigenvalue weighted by Gasteiger charge is 2.22. The van der Waals surface area contributed by atoms with Crippen molar-refractivity contribution in [2.45, 2.75) is 26.2 Å². The lowest BCUT2D eigenvalue weighted by Crippen LogP contribution is -2.10. The normalized spacial score (nSPS) is 13.0. The third-order valence-corrected chi connectivity index (χ3v) is 9.24. The van der Waals surface area contributed by atoms with Crippen molar-refractivity contribution in [3.63, 3.8) is 0 Å². The highest BCUT2D eigenvalue weighted by Crippen LogP contribution is 2.54. The molecule has 3 aromatic carbocycles. The summed E-state index contributed by atoms with van der Waals surface area (Å²) in [6.07, 6.45) is 0. The van der Waals surface area contributed by atoms with Gasteiger partial charge in [-0.3, -0.25) is 4.57 Å². The Kier molecular flexibility index (Phi) is 8.22. The average molecular weight is 553 g/mol. The number of hydrogen-bond donors (Lipinski definition) is 1. The van der Waals surface area contributed by atoms with Crippen molar-refractivity contribution in [2.24, 2.45) is 0 Å². The van der Waals surface area contributed by atoms with E-state index in [-0.39, 0.29) is 5.41 Å². The first-order valence-electron chi connectivity index (χ1n) is 11.4. The summed E-state index contributed by atoms with van der Waals surface area (Å²) in [4.78, 5) is 4.71. The van der Waals surface area contributed by atoms with E-state index in [9.17, 15) is 4.57 Å². The van der Waals surface area contributed by atoms with Crippen LogP contribution in [0.3, 0.4) is 0 Å². The zero-order valence-electron chi connectivity index (χ0n) is 20.3. The number of nitrogens with zero attached hydrogens (tertiary/aromatic N) is 1. The first-order valence-corrected chi connectivity index (χ1v) is 14.9. The van der Waals surface area contributed by atoms with E-state index in [1.807, 2.05) is 66.0 Å². The fraction of sp³-hybridized carbons (Fsp3) is 0.138. The fourth-order valence-corrected chi connectivity index (χ4v) is 7.38. The van der Waals surface area contributed by atoms with Gasteiger partial charge in [-0.2, -0.15) is 0 Å². The molecule has 0 bridgehead atoms. The van der Waals surface area contributed by atoms with Crippen LogP contribution in [0.15, 0.2) is 102 Å². The molecule has 0 atom stereocenters. The maximum atomic E-state index is 14.2. The molecule has 0 aliphatic rings. The Balaban J connectivity index is 1.67. The SMILES string of the molecule is CC(C)(C)c1ccc(-c2csc(NP(=O)(/C=C(/Cl)c3ccccc3)/C=C(/Cl)c3ccccc3)n2)cc1. The van der Waals surface area contributed by atoms with Crippen LogP contribution in [0.25, 0.3) is 21.3 Å². The van der Waals surface area contributed by atoms with Crippen LogP contribution in [0.5, 0.6) is 0 Å². The summed E-state index contributed by atoms with van der Waals surface area (Å²) in [5, 5.41) is 6.34. The lowest BCUT2D eigenvalue weighted by atomic mass is 9.86. The maximum absolute atomic E-state index is 14.2. The molecule has 0 saturated heterocycles. The van der Waals surface area contributed by atoms with Crippen LogP contribution in [0.1, 0.15) is 37.5 Å². The van der Waals surface area contributed by atoms with E-state index in [0.29, 0.717) is 15.2 Å². The van der Waals surface area contributed by atoms with E-state index in [0.717, 1.165) is 22.4 Å². The highest BCUT2D eigenvalue weighted by atomic mass is 35.5. The summed E-state index contributed by atoms with van der Waals surface area (Å²) < 4.78 is 14.2. The van der Waals surface area contributed by atoms with Crippen molar-refractivity contribution in [2.75, 3.05) is 5.09 Å². The first kappa shape index (κ1) is 26.4.